The van der Waals surface area contributed by atoms with Crippen LogP contribution in [0.3, 0.4) is 0 Å². The Morgan fingerprint density at radius 3 is 2.68 bits per heavy atom. The Balaban J connectivity index is 1.71. The Kier molecular flexibility index (Phi) is 5.66. The molecule has 0 amide bonds. The van der Waals surface area contributed by atoms with Crippen LogP contribution in [0.25, 0.3) is 10.9 Å². The maximum Gasteiger partial charge on any atom is 0.319 e. The second kappa shape index (κ2) is 8.12. The van der Waals surface area contributed by atoms with Gasteiger partial charge in [-0.25, -0.2) is 0 Å². The summed E-state index contributed by atoms with van der Waals surface area (Å²) in [5.74, 6) is 0.495. The van der Waals surface area contributed by atoms with Gasteiger partial charge >= 0.3 is 5.97 Å². The van der Waals surface area contributed by atoms with Crippen molar-refractivity contribution in [3.63, 3.8) is 0 Å². The molecule has 0 aliphatic rings. The number of benzene rings is 2. The molecule has 0 radical (unpaired) electrons. The fourth-order valence-corrected chi connectivity index (χ4v) is 3.07. The molecule has 1 atom stereocenters. The third-order valence-corrected chi connectivity index (χ3v) is 4.53. The lowest BCUT2D eigenvalue weighted by Gasteiger charge is -2.09. The number of aromatic nitrogens is 1. The van der Waals surface area contributed by atoms with Crippen molar-refractivity contribution in [3.8, 4) is 5.75 Å². The highest BCUT2D eigenvalue weighted by Gasteiger charge is 2.16. The highest BCUT2D eigenvalue weighted by molar-refractivity contribution is 9.10. The topological polar surface area (TPSA) is 48.4 Å². The molecule has 0 fully saturated rings. The molecule has 0 saturated carbocycles. The van der Waals surface area contributed by atoms with Gasteiger partial charge in [0.25, 0.3) is 0 Å². The van der Waals surface area contributed by atoms with Gasteiger partial charge in [-0.3, -0.25) is 9.78 Å². The Hall–Kier alpha value is -2.40. The van der Waals surface area contributed by atoms with Gasteiger partial charge in [0.2, 0.25) is 0 Å². The average Bonchev–Trinajstić information content (AvgIpc) is 2.66. The van der Waals surface area contributed by atoms with E-state index in [1.807, 2.05) is 54.6 Å². The normalized spacial score (nSPS) is 11.9. The second-order valence-corrected chi connectivity index (χ2v) is 6.77. The summed E-state index contributed by atoms with van der Waals surface area (Å²) in [6.45, 7) is 0.523. The van der Waals surface area contributed by atoms with Gasteiger partial charge in [-0.2, -0.15) is 0 Å². The van der Waals surface area contributed by atoms with E-state index in [-0.39, 0.29) is 10.8 Å². The van der Waals surface area contributed by atoms with Crippen LogP contribution in [-0.4, -0.2) is 22.9 Å². The zero-order valence-corrected chi connectivity index (χ0v) is 15.4. The zero-order chi connectivity index (χ0) is 17.6. The summed E-state index contributed by atoms with van der Waals surface area (Å²) in [7, 11) is 1.38. The number of rotatable bonds is 6. The quantitative estimate of drug-likeness (QED) is 0.458. The molecule has 0 N–H and O–H groups in total. The third kappa shape index (κ3) is 4.57. The fourth-order valence-electron chi connectivity index (χ4n) is 2.51. The van der Waals surface area contributed by atoms with Gasteiger partial charge in [0.15, 0.2) is 0 Å². The first-order valence-corrected chi connectivity index (χ1v) is 8.84. The molecular weight excluding hydrogens is 382 g/mol. The Morgan fingerprint density at radius 2 is 1.92 bits per heavy atom. The highest BCUT2D eigenvalue weighted by Crippen LogP contribution is 2.22. The van der Waals surface area contributed by atoms with Crippen molar-refractivity contribution in [1.29, 1.82) is 0 Å². The summed E-state index contributed by atoms with van der Waals surface area (Å²) in [6.07, 6.45) is 2.31. The third-order valence-electron chi connectivity index (χ3n) is 3.83. The van der Waals surface area contributed by atoms with E-state index in [4.69, 9.17) is 9.47 Å². The van der Waals surface area contributed by atoms with Crippen LogP contribution in [0.5, 0.6) is 5.75 Å². The maximum absolute atomic E-state index is 11.5. The van der Waals surface area contributed by atoms with Crippen molar-refractivity contribution < 1.29 is 14.3 Å². The van der Waals surface area contributed by atoms with Gasteiger partial charge < -0.3 is 9.47 Å². The smallest absolute Gasteiger partial charge is 0.319 e. The highest BCUT2D eigenvalue weighted by atomic mass is 79.9. The minimum absolute atomic E-state index is 0.287. The van der Waals surface area contributed by atoms with Crippen molar-refractivity contribution in [2.75, 3.05) is 7.11 Å². The summed E-state index contributed by atoms with van der Waals surface area (Å²) in [5, 5.41) is 1.01. The summed E-state index contributed by atoms with van der Waals surface area (Å²) in [4.78, 5) is 15.6. The van der Waals surface area contributed by atoms with Crippen LogP contribution in [-0.2, 0) is 22.6 Å². The Labute approximate surface area is 154 Å². The molecule has 25 heavy (non-hydrogen) atoms. The van der Waals surface area contributed by atoms with Crippen LogP contribution in [0.2, 0.25) is 0 Å². The fraction of sp³-hybridized carbons (Fsp3) is 0.200. The van der Waals surface area contributed by atoms with Crippen molar-refractivity contribution in [1.82, 2.24) is 4.98 Å². The lowest BCUT2D eigenvalue weighted by molar-refractivity contribution is -0.139. The van der Waals surface area contributed by atoms with Crippen LogP contribution < -0.4 is 4.74 Å². The minimum Gasteiger partial charge on any atom is -0.489 e. The number of carbonyl (C=O) groups is 1. The molecule has 3 rings (SSSR count). The molecule has 0 bridgehead atoms. The van der Waals surface area contributed by atoms with Crippen molar-refractivity contribution in [3.05, 3.63) is 71.9 Å². The summed E-state index contributed by atoms with van der Waals surface area (Å²) >= 11 is 3.34. The molecule has 2 aromatic carbocycles. The van der Waals surface area contributed by atoms with Crippen LogP contribution >= 0.6 is 15.9 Å². The second-order valence-electron chi connectivity index (χ2n) is 5.67. The molecule has 5 heteroatoms. The molecule has 1 heterocycles. The van der Waals surface area contributed by atoms with Gasteiger partial charge in [-0.05, 0) is 35.7 Å². The zero-order valence-electron chi connectivity index (χ0n) is 13.8. The first kappa shape index (κ1) is 17.4. The van der Waals surface area contributed by atoms with E-state index < -0.39 is 0 Å². The first-order valence-electron chi connectivity index (χ1n) is 7.93. The number of methoxy groups -OCH3 is 1. The number of alkyl halides is 1. The summed E-state index contributed by atoms with van der Waals surface area (Å²) < 4.78 is 10.6. The Bertz CT molecular complexity index is 867. The molecule has 0 aliphatic carbocycles. The number of pyridine rings is 1. The van der Waals surface area contributed by atoms with E-state index in [2.05, 4.69) is 20.9 Å². The van der Waals surface area contributed by atoms with E-state index in [1.165, 1.54) is 7.11 Å². The van der Waals surface area contributed by atoms with Crippen molar-refractivity contribution in [2.45, 2.75) is 17.9 Å². The largest absolute Gasteiger partial charge is 0.489 e. The number of halogens is 1. The van der Waals surface area contributed by atoms with Gasteiger partial charge in [0.1, 0.15) is 17.2 Å². The Morgan fingerprint density at radius 1 is 1.12 bits per heavy atom. The van der Waals surface area contributed by atoms with Crippen LogP contribution in [0, 0.1) is 0 Å². The lowest BCUT2D eigenvalue weighted by Crippen LogP contribution is -2.18. The van der Waals surface area contributed by atoms with Gasteiger partial charge in [-0.1, -0.05) is 46.3 Å². The molecule has 0 aliphatic heterocycles. The number of hydrogen-bond acceptors (Lipinski definition) is 4. The maximum atomic E-state index is 11.5. The predicted octanol–water partition coefficient (Wildman–Crippen LogP) is 4.29. The molecule has 3 aromatic rings. The number of hydrogen-bond donors (Lipinski definition) is 0. The van der Waals surface area contributed by atoms with E-state index in [9.17, 15) is 4.79 Å². The molecule has 128 valence electrons. The lowest BCUT2D eigenvalue weighted by atomic mass is 10.1. The number of esters is 1. The van der Waals surface area contributed by atoms with Crippen molar-refractivity contribution in [2.24, 2.45) is 0 Å². The average molecular weight is 400 g/mol. The molecule has 4 nitrogen and oxygen atoms in total. The number of fused-ring (bicyclic) bond motifs is 1. The number of ether oxygens (including phenoxy) is 2. The minimum atomic E-state index is -0.370. The molecule has 0 spiro atoms. The molecular formula is C20H18BrNO3. The van der Waals surface area contributed by atoms with Crippen molar-refractivity contribution >= 4 is 32.8 Å². The summed E-state index contributed by atoms with van der Waals surface area (Å²) in [5.41, 5.74) is 2.95. The predicted molar refractivity (Wildman–Crippen MR) is 101 cm³/mol. The monoisotopic (exact) mass is 399 g/mol. The van der Waals surface area contributed by atoms with E-state index >= 15 is 0 Å². The van der Waals surface area contributed by atoms with Gasteiger partial charge in [0, 0.05) is 17.6 Å². The van der Waals surface area contributed by atoms with E-state index in [0.717, 1.165) is 27.8 Å². The molecule has 0 saturated heterocycles. The molecule has 1 unspecified atom stereocenters. The summed E-state index contributed by atoms with van der Waals surface area (Å²) in [6, 6.07) is 17.9. The van der Waals surface area contributed by atoms with Crippen LogP contribution in [0.4, 0.5) is 0 Å². The van der Waals surface area contributed by atoms with Gasteiger partial charge in [0.05, 0.1) is 12.6 Å². The van der Waals surface area contributed by atoms with Crippen LogP contribution in [0.1, 0.15) is 11.1 Å². The van der Waals surface area contributed by atoms with E-state index in [1.54, 1.807) is 6.20 Å². The first-order chi connectivity index (χ1) is 12.2. The van der Waals surface area contributed by atoms with Crippen LogP contribution in [0.15, 0.2) is 60.8 Å². The SMILES string of the molecule is COC(=O)C(Br)Cc1cnc2cc(OCc3ccccc3)ccc2c1. The van der Waals surface area contributed by atoms with Gasteiger partial charge in [-0.15, -0.1) is 0 Å². The standard InChI is InChI=1S/C20H18BrNO3/c1-24-20(23)18(21)10-15-9-16-7-8-17(11-19(16)22-12-15)25-13-14-5-3-2-4-6-14/h2-9,11-12,18H,10,13H2,1H3. The number of nitrogens with zero attached hydrogens (tertiary/aromatic N) is 1. The van der Waals surface area contributed by atoms with E-state index in [0.29, 0.717) is 13.0 Å². The molecule has 1 aromatic heterocycles. The number of carbonyl (C=O) groups excluding carboxylic acids is 1.